The second-order valence-corrected chi connectivity index (χ2v) is 5.16. The largest absolute Gasteiger partial charge is 0.323 e. The number of nitrogens with zero attached hydrogens (tertiary/aromatic N) is 6. The maximum Gasteiger partial charge on any atom is 0.162 e. The minimum atomic E-state index is 0.424. The second kappa shape index (κ2) is 4.53. The van der Waals surface area contributed by atoms with E-state index in [1.165, 1.54) is 0 Å². The number of aryl methyl sites for hydroxylation is 1. The zero-order chi connectivity index (χ0) is 14.4. The molecular weight excluding hydrogens is 288 g/mol. The monoisotopic (exact) mass is 298 g/mol. The van der Waals surface area contributed by atoms with E-state index >= 15 is 0 Å². The fraction of sp³-hybridized carbons (Fsp3) is 0.143. The van der Waals surface area contributed by atoms with E-state index in [1.807, 2.05) is 35.9 Å². The first kappa shape index (κ1) is 12.3. The SMILES string of the molecule is Cn1ncc2c(Cl)nc(Cn3cnc4ccccc43)nc21. The van der Waals surface area contributed by atoms with Crippen LogP contribution in [0.2, 0.25) is 5.15 Å². The van der Waals surface area contributed by atoms with Crippen LogP contribution in [0.25, 0.3) is 22.1 Å². The predicted octanol–water partition coefficient (Wildman–Crippen LogP) is 2.41. The van der Waals surface area contributed by atoms with Crippen LogP contribution in [-0.4, -0.2) is 29.3 Å². The van der Waals surface area contributed by atoms with Crippen molar-refractivity contribution in [2.45, 2.75) is 6.54 Å². The molecule has 0 saturated carbocycles. The standard InChI is InChI=1S/C14H11ClN6/c1-20-14-9(6-17-20)13(15)18-12(19-14)7-21-8-16-10-4-2-3-5-11(10)21/h2-6,8H,7H2,1H3. The Morgan fingerprint density at radius 2 is 2.05 bits per heavy atom. The van der Waals surface area contributed by atoms with Crippen molar-refractivity contribution in [2.75, 3.05) is 0 Å². The third kappa shape index (κ3) is 1.95. The molecule has 4 aromatic rings. The molecule has 0 bridgehead atoms. The fourth-order valence-electron chi connectivity index (χ4n) is 2.39. The number of fused-ring (bicyclic) bond motifs is 2. The van der Waals surface area contributed by atoms with Gasteiger partial charge in [-0.3, -0.25) is 4.68 Å². The van der Waals surface area contributed by atoms with E-state index in [1.54, 1.807) is 17.2 Å². The van der Waals surface area contributed by atoms with Crippen molar-refractivity contribution in [1.82, 2.24) is 29.3 Å². The number of hydrogen-bond acceptors (Lipinski definition) is 4. The van der Waals surface area contributed by atoms with Crippen LogP contribution in [0.3, 0.4) is 0 Å². The van der Waals surface area contributed by atoms with Gasteiger partial charge in [-0.25, -0.2) is 15.0 Å². The average molecular weight is 299 g/mol. The minimum Gasteiger partial charge on any atom is -0.323 e. The first-order valence-electron chi connectivity index (χ1n) is 6.46. The highest BCUT2D eigenvalue weighted by Gasteiger charge is 2.11. The number of benzene rings is 1. The molecule has 0 aliphatic carbocycles. The van der Waals surface area contributed by atoms with Gasteiger partial charge in [0.15, 0.2) is 11.5 Å². The zero-order valence-electron chi connectivity index (χ0n) is 11.2. The lowest BCUT2D eigenvalue weighted by molar-refractivity contribution is 0.748. The van der Waals surface area contributed by atoms with Crippen molar-refractivity contribution in [3.05, 3.63) is 47.8 Å². The molecule has 0 spiro atoms. The summed E-state index contributed by atoms with van der Waals surface area (Å²) in [6.45, 7) is 0.515. The highest BCUT2D eigenvalue weighted by Crippen LogP contribution is 2.20. The minimum absolute atomic E-state index is 0.424. The van der Waals surface area contributed by atoms with Gasteiger partial charge in [-0.15, -0.1) is 0 Å². The topological polar surface area (TPSA) is 61.4 Å². The van der Waals surface area contributed by atoms with E-state index in [4.69, 9.17) is 11.6 Å². The maximum atomic E-state index is 6.20. The zero-order valence-corrected chi connectivity index (χ0v) is 12.0. The summed E-state index contributed by atoms with van der Waals surface area (Å²) in [6, 6.07) is 7.95. The Balaban J connectivity index is 1.82. The smallest absolute Gasteiger partial charge is 0.162 e. The molecule has 0 aliphatic rings. The summed E-state index contributed by atoms with van der Waals surface area (Å²) in [7, 11) is 1.84. The van der Waals surface area contributed by atoms with Crippen LogP contribution in [0.15, 0.2) is 36.8 Å². The number of halogens is 1. The van der Waals surface area contributed by atoms with Crippen LogP contribution in [0.1, 0.15) is 5.82 Å². The third-order valence-corrected chi connectivity index (χ3v) is 3.72. The molecule has 0 aliphatic heterocycles. The molecule has 0 saturated heterocycles. The molecule has 0 atom stereocenters. The molecule has 3 heterocycles. The maximum absolute atomic E-state index is 6.20. The molecule has 21 heavy (non-hydrogen) atoms. The quantitative estimate of drug-likeness (QED) is 0.533. The summed E-state index contributed by atoms with van der Waals surface area (Å²) in [5.74, 6) is 0.638. The van der Waals surface area contributed by atoms with Crippen LogP contribution in [-0.2, 0) is 13.6 Å². The van der Waals surface area contributed by atoms with Crippen LogP contribution < -0.4 is 0 Å². The van der Waals surface area contributed by atoms with Gasteiger partial charge in [-0.2, -0.15) is 5.10 Å². The Hall–Kier alpha value is -2.47. The summed E-state index contributed by atoms with van der Waals surface area (Å²) in [4.78, 5) is 13.2. The summed E-state index contributed by atoms with van der Waals surface area (Å²) < 4.78 is 3.70. The molecule has 0 N–H and O–H groups in total. The lowest BCUT2D eigenvalue weighted by atomic mass is 10.3. The molecule has 6 nitrogen and oxygen atoms in total. The summed E-state index contributed by atoms with van der Waals surface area (Å²) in [5, 5.41) is 5.34. The highest BCUT2D eigenvalue weighted by atomic mass is 35.5. The van der Waals surface area contributed by atoms with Crippen LogP contribution >= 0.6 is 11.6 Å². The first-order valence-corrected chi connectivity index (χ1v) is 6.84. The summed E-state index contributed by atoms with van der Waals surface area (Å²) in [5.41, 5.74) is 2.72. The van der Waals surface area contributed by atoms with Crippen molar-refractivity contribution in [3.63, 3.8) is 0 Å². The number of rotatable bonds is 2. The Labute approximate surface area is 125 Å². The number of para-hydroxylation sites is 2. The molecule has 104 valence electrons. The number of imidazole rings is 1. The van der Waals surface area contributed by atoms with Crippen LogP contribution in [0, 0.1) is 0 Å². The number of hydrogen-bond donors (Lipinski definition) is 0. The summed E-state index contributed by atoms with van der Waals surface area (Å²) in [6.07, 6.45) is 3.46. The Kier molecular flexibility index (Phi) is 2.65. The van der Waals surface area contributed by atoms with E-state index in [2.05, 4.69) is 20.1 Å². The van der Waals surface area contributed by atoms with Gasteiger partial charge in [-0.05, 0) is 12.1 Å². The lowest BCUT2D eigenvalue weighted by Crippen LogP contribution is -2.05. The fourth-order valence-corrected chi connectivity index (χ4v) is 2.62. The van der Waals surface area contributed by atoms with Gasteiger partial charge in [0.25, 0.3) is 0 Å². The van der Waals surface area contributed by atoms with E-state index in [-0.39, 0.29) is 0 Å². The van der Waals surface area contributed by atoms with Gasteiger partial charge < -0.3 is 4.57 Å². The molecule has 0 unspecified atom stereocenters. The molecule has 0 amide bonds. The summed E-state index contributed by atoms with van der Waals surface area (Å²) >= 11 is 6.20. The van der Waals surface area contributed by atoms with E-state index < -0.39 is 0 Å². The normalized spacial score (nSPS) is 11.5. The predicted molar refractivity (Wildman–Crippen MR) is 80.1 cm³/mol. The molecular formula is C14H11ClN6. The molecule has 1 aromatic carbocycles. The van der Waals surface area contributed by atoms with Crippen LogP contribution in [0.5, 0.6) is 0 Å². The lowest BCUT2D eigenvalue weighted by Gasteiger charge is -2.05. The third-order valence-electron chi connectivity index (χ3n) is 3.43. The van der Waals surface area contributed by atoms with E-state index in [0.29, 0.717) is 17.5 Å². The average Bonchev–Trinajstić information content (AvgIpc) is 3.05. The number of aromatic nitrogens is 6. The van der Waals surface area contributed by atoms with Gasteiger partial charge >= 0.3 is 0 Å². The van der Waals surface area contributed by atoms with Gasteiger partial charge in [0.1, 0.15) is 5.15 Å². The molecule has 7 heteroatoms. The molecule has 3 aromatic heterocycles. The van der Waals surface area contributed by atoms with Gasteiger partial charge in [0, 0.05) is 7.05 Å². The Morgan fingerprint density at radius 1 is 1.19 bits per heavy atom. The van der Waals surface area contributed by atoms with Crippen molar-refractivity contribution in [1.29, 1.82) is 0 Å². The van der Waals surface area contributed by atoms with Crippen molar-refractivity contribution in [2.24, 2.45) is 7.05 Å². The Bertz CT molecular complexity index is 955. The van der Waals surface area contributed by atoms with Crippen molar-refractivity contribution >= 4 is 33.7 Å². The second-order valence-electron chi connectivity index (χ2n) is 4.80. The van der Waals surface area contributed by atoms with Crippen molar-refractivity contribution in [3.8, 4) is 0 Å². The first-order chi connectivity index (χ1) is 10.2. The Morgan fingerprint density at radius 3 is 2.95 bits per heavy atom. The van der Waals surface area contributed by atoms with E-state index in [9.17, 15) is 0 Å². The highest BCUT2D eigenvalue weighted by molar-refractivity contribution is 6.33. The van der Waals surface area contributed by atoms with Gasteiger partial charge in [0.2, 0.25) is 0 Å². The van der Waals surface area contributed by atoms with Crippen molar-refractivity contribution < 1.29 is 0 Å². The van der Waals surface area contributed by atoms with Gasteiger partial charge in [-0.1, -0.05) is 23.7 Å². The molecule has 4 rings (SSSR count). The molecule has 0 radical (unpaired) electrons. The molecule has 0 fully saturated rings. The van der Waals surface area contributed by atoms with E-state index in [0.717, 1.165) is 22.1 Å². The van der Waals surface area contributed by atoms with Gasteiger partial charge in [0.05, 0.1) is 35.5 Å². The van der Waals surface area contributed by atoms with Crippen LogP contribution in [0.4, 0.5) is 0 Å².